The Bertz CT molecular complexity index is 266. The summed E-state index contributed by atoms with van der Waals surface area (Å²) in [4.78, 5) is 11.0. The SMILES string of the molecule is O=C(S)SC1CC2CC1C1CCCC21. The molecule has 2 bridgehead atoms. The molecule has 3 aliphatic rings. The lowest BCUT2D eigenvalue weighted by Crippen LogP contribution is -2.26. The van der Waals surface area contributed by atoms with Crippen LogP contribution in [0.1, 0.15) is 32.1 Å². The summed E-state index contributed by atoms with van der Waals surface area (Å²) < 4.78 is 0.0251. The molecule has 0 aromatic carbocycles. The molecule has 14 heavy (non-hydrogen) atoms. The minimum Gasteiger partial charge on any atom is -0.275 e. The summed E-state index contributed by atoms with van der Waals surface area (Å²) in [5.74, 6) is 3.82. The van der Waals surface area contributed by atoms with E-state index < -0.39 is 0 Å². The van der Waals surface area contributed by atoms with Gasteiger partial charge >= 0.3 is 0 Å². The third-order valence-electron chi connectivity index (χ3n) is 4.62. The van der Waals surface area contributed by atoms with Gasteiger partial charge in [0.2, 0.25) is 4.45 Å². The van der Waals surface area contributed by atoms with E-state index in [1.165, 1.54) is 43.9 Å². The Morgan fingerprint density at radius 1 is 1.14 bits per heavy atom. The van der Waals surface area contributed by atoms with Crippen molar-refractivity contribution in [2.75, 3.05) is 0 Å². The molecule has 0 radical (unpaired) electrons. The highest BCUT2D eigenvalue weighted by Gasteiger charge is 2.54. The first-order chi connectivity index (χ1) is 6.75. The molecular weight excluding hydrogens is 212 g/mol. The van der Waals surface area contributed by atoms with E-state index in [4.69, 9.17) is 0 Å². The molecule has 5 atom stereocenters. The first-order valence-corrected chi connectivity index (χ1v) is 6.98. The maximum absolute atomic E-state index is 11.0. The lowest BCUT2D eigenvalue weighted by molar-refractivity contribution is 0.264. The molecule has 1 nitrogen and oxygen atoms in total. The van der Waals surface area contributed by atoms with Gasteiger partial charge in [-0.1, -0.05) is 30.8 Å². The van der Waals surface area contributed by atoms with Gasteiger partial charge in [-0.2, -0.15) is 0 Å². The zero-order valence-corrected chi connectivity index (χ0v) is 9.90. The Hall–Kier alpha value is 0.370. The van der Waals surface area contributed by atoms with Gasteiger partial charge in [-0.3, -0.25) is 4.79 Å². The van der Waals surface area contributed by atoms with Gasteiger partial charge in [-0.25, -0.2) is 0 Å². The molecule has 0 heterocycles. The molecule has 78 valence electrons. The summed E-state index contributed by atoms with van der Waals surface area (Å²) in [6.45, 7) is 0. The standard InChI is InChI=1S/C11H16OS2/c12-11(13)14-10-5-6-4-9(10)8-3-1-2-7(6)8/h6-10H,1-5H2,(H,12,13). The fourth-order valence-electron chi connectivity index (χ4n) is 4.27. The van der Waals surface area contributed by atoms with E-state index in [1.54, 1.807) is 0 Å². The third kappa shape index (κ3) is 1.35. The molecule has 3 saturated carbocycles. The second kappa shape index (κ2) is 3.44. The third-order valence-corrected chi connectivity index (χ3v) is 5.98. The Morgan fingerprint density at radius 2 is 1.93 bits per heavy atom. The molecule has 0 aromatic heterocycles. The van der Waals surface area contributed by atoms with E-state index in [2.05, 4.69) is 12.6 Å². The van der Waals surface area contributed by atoms with Crippen molar-refractivity contribution in [2.24, 2.45) is 23.7 Å². The molecule has 3 aliphatic carbocycles. The fourth-order valence-corrected chi connectivity index (χ4v) is 5.77. The van der Waals surface area contributed by atoms with E-state index in [0.29, 0.717) is 5.25 Å². The number of hydrogen-bond acceptors (Lipinski definition) is 2. The van der Waals surface area contributed by atoms with Crippen molar-refractivity contribution in [1.82, 2.24) is 0 Å². The number of hydrogen-bond donors (Lipinski definition) is 1. The van der Waals surface area contributed by atoms with E-state index in [-0.39, 0.29) is 4.45 Å². The number of fused-ring (bicyclic) bond motifs is 5. The van der Waals surface area contributed by atoms with Gasteiger partial charge in [0.1, 0.15) is 0 Å². The average Bonchev–Trinajstić information content (AvgIpc) is 2.68. The summed E-state index contributed by atoms with van der Waals surface area (Å²) in [6.07, 6.45) is 7.05. The van der Waals surface area contributed by atoms with Crippen molar-refractivity contribution in [3.63, 3.8) is 0 Å². The Balaban J connectivity index is 1.73. The van der Waals surface area contributed by atoms with Gasteiger partial charge in [0.05, 0.1) is 0 Å². The second-order valence-corrected chi connectivity index (χ2v) is 7.00. The van der Waals surface area contributed by atoms with Crippen LogP contribution >= 0.6 is 24.4 Å². The van der Waals surface area contributed by atoms with Crippen molar-refractivity contribution < 1.29 is 4.79 Å². The summed E-state index contributed by atoms with van der Waals surface area (Å²) in [5, 5.41) is 0.615. The molecule has 0 aliphatic heterocycles. The lowest BCUT2D eigenvalue weighted by Gasteiger charge is -2.30. The monoisotopic (exact) mass is 228 g/mol. The second-order valence-electron chi connectivity index (χ2n) is 5.08. The first kappa shape index (κ1) is 9.59. The van der Waals surface area contributed by atoms with Gasteiger partial charge in [-0.05, 0) is 49.4 Å². The zero-order valence-electron chi connectivity index (χ0n) is 8.19. The highest BCUT2D eigenvalue weighted by atomic mass is 32.2. The van der Waals surface area contributed by atoms with Gasteiger partial charge < -0.3 is 0 Å². The molecule has 0 amide bonds. The van der Waals surface area contributed by atoms with Gasteiger partial charge in [-0.15, -0.1) is 0 Å². The topological polar surface area (TPSA) is 17.1 Å². The summed E-state index contributed by atoms with van der Waals surface area (Å²) >= 11 is 5.39. The summed E-state index contributed by atoms with van der Waals surface area (Å²) in [6, 6.07) is 0. The van der Waals surface area contributed by atoms with Crippen molar-refractivity contribution >= 4 is 28.8 Å². The number of carbonyl (C=O) groups excluding carboxylic acids is 1. The number of thioether (sulfide) groups is 1. The maximum atomic E-state index is 11.0. The lowest BCUT2D eigenvalue weighted by atomic mass is 9.81. The van der Waals surface area contributed by atoms with Gasteiger partial charge in [0.25, 0.3) is 0 Å². The maximum Gasteiger partial charge on any atom is 0.243 e. The van der Waals surface area contributed by atoms with Crippen molar-refractivity contribution in [3.8, 4) is 0 Å². The van der Waals surface area contributed by atoms with Crippen LogP contribution in [0.3, 0.4) is 0 Å². The summed E-state index contributed by atoms with van der Waals surface area (Å²) in [7, 11) is 0. The highest BCUT2D eigenvalue weighted by molar-refractivity contribution is 8.32. The molecule has 3 fully saturated rings. The van der Waals surface area contributed by atoms with Crippen LogP contribution in [-0.4, -0.2) is 9.70 Å². The van der Waals surface area contributed by atoms with E-state index in [1.807, 2.05) is 0 Å². The highest BCUT2D eigenvalue weighted by Crippen LogP contribution is 2.61. The Kier molecular flexibility index (Phi) is 2.36. The van der Waals surface area contributed by atoms with Crippen molar-refractivity contribution in [3.05, 3.63) is 0 Å². The van der Waals surface area contributed by atoms with Crippen LogP contribution in [0.15, 0.2) is 0 Å². The van der Waals surface area contributed by atoms with Gasteiger partial charge in [0, 0.05) is 5.25 Å². The minimum atomic E-state index is 0.0251. The average molecular weight is 228 g/mol. The van der Waals surface area contributed by atoms with Crippen LogP contribution in [0.5, 0.6) is 0 Å². The predicted octanol–water partition coefficient (Wildman–Crippen LogP) is 3.59. The Morgan fingerprint density at radius 3 is 2.71 bits per heavy atom. The zero-order chi connectivity index (χ0) is 9.71. The van der Waals surface area contributed by atoms with E-state index in [9.17, 15) is 4.79 Å². The molecule has 0 spiro atoms. The minimum absolute atomic E-state index is 0.0251. The number of rotatable bonds is 1. The van der Waals surface area contributed by atoms with Crippen molar-refractivity contribution in [2.45, 2.75) is 37.4 Å². The smallest absolute Gasteiger partial charge is 0.243 e. The number of carbonyl (C=O) groups is 1. The van der Waals surface area contributed by atoms with Crippen LogP contribution in [0.2, 0.25) is 0 Å². The molecular formula is C11H16OS2. The Labute approximate surface area is 94.8 Å². The van der Waals surface area contributed by atoms with Crippen LogP contribution in [0.4, 0.5) is 4.79 Å². The van der Waals surface area contributed by atoms with Crippen LogP contribution in [0.25, 0.3) is 0 Å². The van der Waals surface area contributed by atoms with Crippen LogP contribution in [0, 0.1) is 23.7 Å². The fraction of sp³-hybridized carbons (Fsp3) is 0.909. The predicted molar refractivity (Wildman–Crippen MR) is 62.8 cm³/mol. The molecule has 5 unspecified atom stereocenters. The molecule has 0 saturated heterocycles. The molecule has 3 rings (SSSR count). The normalized spacial score (nSPS) is 49.6. The quantitative estimate of drug-likeness (QED) is 0.691. The van der Waals surface area contributed by atoms with Crippen LogP contribution < -0.4 is 0 Å². The largest absolute Gasteiger partial charge is 0.275 e. The van der Waals surface area contributed by atoms with Gasteiger partial charge in [0.15, 0.2) is 0 Å². The molecule has 0 aromatic rings. The van der Waals surface area contributed by atoms with E-state index in [0.717, 1.165) is 23.7 Å². The number of thiol groups is 1. The molecule has 0 N–H and O–H groups in total. The molecule has 3 heteroatoms. The van der Waals surface area contributed by atoms with Crippen LogP contribution in [-0.2, 0) is 0 Å². The summed E-state index contributed by atoms with van der Waals surface area (Å²) in [5.41, 5.74) is 0. The van der Waals surface area contributed by atoms with E-state index >= 15 is 0 Å². The first-order valence-electron chi connectivity index (χ1n) is 5.65. The van der Waals surface area contributed by atoms with Crippen molar-refractivity contribution in [1.29, 1.82) is 0 Å².